The molecule has 1 aromatic rings. The number of halogens is 2. The van der Waals surface area contributed by atoms with Crippen LogP contribution < -0.4 is 5.32 Å². The van der Waals surface area contributed by atoms with Gasteiger partial charge in [0.05, 0.1) is 21.6 Å². The van der Waals surface area contributed by atoms with Gasteiger partial charge in [-0.25, -0.2) is 13.4 Å². The van der Waals surface area contributed by atoms with E-state index >= 15 is 0 Å². The summed E-state index contributed by atoms with van der Waals surface area (Å²) >= 11 is 11.5. The molecular weight excluding hydrogens is 367 g/mol. The van der Waals surface area contributed by atoms with E-state index in [1.807, 2.05) is 0 Å². The maximum absolute atomic E-state index is 11.7. The molecule has 2 rings (SSSR count). The van der Waals surface area contributed by atoms with Gasteiger partial charge in [-0.1, -0.05) is 23.2 Å². The van der Waals surface area contributed by atoms with E-state index in [1.165, 1.54) is 12.3 Å². The fraction of sp³-hybridized carbons (Fsp3) is 0.462. The van der Waals surface area contributed by atoms with Gasteiger partial charge < -0.3 is 10.1 Å². The number of nitrogens with zero attached hydrogens (tertiary/aromatic N) is 1. The van der Waals surface area contributed by atoms with Crippen LogP contribution in [0.15, 0.2) is 12.3 Å². The third-order valence-electron chi connectivity index (χ3n) is 3.21. The molecule has 1 aliphatic rings. The molecule has 1 aliphatic heterocycles. The van der Waals surface area contributed by atoms with Crippen LogP contribution in [-0.2, 0) is 24.2 Å². The number of hydrogen-bond donors (Lipinski definition) is 1. The summed E-state index contributed by atoms with van der Waals surface area (Å²) in [7, 11) is -3.04. The minimum absolute atomic E-state index is 0.0153. The van der Waals surface area contributed by atoms with Gasteiger partial charge in [0.2, 0.25) is 0 Å². The molecule has 7 nitrogen and oxygen atoms in total. The normalized spacial score (nSPS) is 19.3. The Balaban J connectivity index is 1.77. The lowest BCUT2D eigenvalue weighted by atomic mass is 10.1. The highest BCUT2D eigenvalue weighted by Crippen LogP contribution is 2.23. The number of sulfone groups is 1. The second-order valence-corrected chi connectivity index (χ2v) is 8.24. The number of esters is 1. The molecule has 0 aliphatic carbocycles. The molecule has 1 N–H and O–H groups in total. The molecule has 2 heterocycles. The highest BCUT2D eigenvalue weighted by Gasteiger charge is 2.30. The van der Waals surface area contributed by atoms with Crippen molar-refractivity contribution < 1.29 is 22.7 Å². The quantitative estimate of drug-likeness (QED) is 0.779. The summed E-state index contributed by atoms with van der Waals surface area (Å²) in [6.07, 6.45) is 1.73. The SMILES string of the molecule is O=C(COC(=O)C[C@@H]1CCS(=O)(=O)C1)Nc1ncc(Cl)cc1Cl. The van der Waals surface area contributed by atoms with Crippen molar-refractivity contribution in [2.24, 2.45) is 5.92 Å². The third-order valence-corrected chi connectivity index (χ3v) is 5.54. The molecule has 126 valence electrons. The van der Waals surface area contributed by atoms with Crippen molar-refractivity contribution in [3.63, 3.8) is 0 Å². The first-order chi connectivity index (χ1) is 10.7. The zero-order valence-electron chi connectivity index (χ0n) is 11.9. The molecule has 1 saturated heterocycles. The van der Waals surface area contributed by atoms with Crippen LogP contribution in [0.4, 0.5) is 5.82 Å². The predicted octanol–water partition coefficient (Wildman–Crippen LogP) is 1.69. The third kappa shape index (κ3) is 5.63. The Labute approximate surface area is 143 Å². The average molecular weight is 381 g/mol. The number of aromatic nitrogens is 1. The van der Waals surface area contributed by atoms with Gasteiger partial charge in [-0.3, -0.25) is 9.59 Å². The first kappa shape index (κ1) is 18.0. The maximum Gasteiger partial charge on any atom is 0.306 e. The van der Waals surface area contributed by atoms with Crippen molar-refractivity contribution in [1.29, 1.82) is 0 Å². The molecule has 0 bridgehead atoms. The number of nitrogens with one attached hydrogen (secondary N) is 1. The second-order valence-electron chi connectivity index (χ2n) is 5.17. The Morgan fingerprint density at radius 2 is 2.13 bits per heavy atom. The lowest BCUT2D eigenvalue weighted by Gasteiger charge is -2.09. The van der Waals surface area contributed by atoms with Gasteiger partial charge in [0, 0.05) is 12.6 Å². The molecule has 1 aromatic heterocycles. The van der Waals surface area contributed by atoms with Gasteiger partial charge in [-0.2, -0.15) is 0 Å². The maximum atomic E-state index is 11.7. The monoisotopic (exact) mass is 380 g/mol. The molecule has 1 amide bonds. The summed E-state index contributed by atoms with van der Waals surface area (Å²) in [6.45, 7) is -0.501. The van der Waals surface area contributed by atoms with Crippen molar-refractivity contribution in [3.05, 3.63) is 22.3 Å². The first-order valence-corrected chi connectivity index (χ1v) is 9.30. The van der Waals surface area contributed by atoms with E-state index in [2.05, 4.69) is 10.3 Å². The zero-order chi connectivity index (χ0) is 17.0. The van der Waals surface area contributed by atoms with E-state index in [0.717, 1.165) is 0 Å². The van der Waals surface area contributed by atoms with Crippen LogP contribution in [0.3, 0.4) is 0 Å². The van der Waals surface area contributed by atoms with Crippen LogP contribution in [-0.4, -0.2) is 43.4 Å². The smallest absolute Gasteiger partial charge is 0.306 e. The fourth-order valence-corrected chi connectivity index (χ4v) is 4.44. The zero-order valence-corrected chi connectivity index (χ0v) is 14.2. The molecule has 23 heavy (non-hydrogen) atoms. The Kier molecular flexibility index (Phi) is 5.83. The molecule has 1 fully saturated rings. The lowest BCUT2D eigenvalue weighted by Crippen LogP contribution is -2.22. The van der Waals surface area contributed by atoms with Crippen LogP contribution in [0, 0.1) is 5.92 Å². The number of hydrogen-bond acceptors (Lipinski definition) is 6. The van der Waals surface area contributed by atoms with E-state index in [1.54, 1.807) is 0 Å². The van der Waals surface area contributed by atoms with Gasteiger partial charge in [0.1, 0.15) is 0 Å². The molecule has 0 aromatic carbocycles. The van der Waals surface area contributed by atoms with Crippen molar-refractivity contribution >= 4 is 50.7 Å². The lowest BCUT2D eigenvalue weighted by molar-refractivity contribution is -0.148. The number of carbonyl (C=O) groups excluding carboxylic acids is 2. The van der Waals surface area contributed by atoms with Crippen molar-refractivity contribution in [3.8, 4) is 0 Å². The minimum atomic E-state index is -3.04. The summed E-state index contributed by atoms with van der Waals surface area (Å²) in [6, 6.07) is 1.41. The summed E-state index contributed by atoms with van der Waals surface area (Å²) in [5, 5.41) is 2.87. The minimum Gasteiger partial charge on any atom is -0.456 e. The number of pyridine rings is 1. The summed E-state index contributed by atoms with van der Waals surface area (Å²) in [4.78, 5) is 27.1. The van der Waals surface area contributed by atoms with E-state index in [-0.39, 0.29) is 34.7 Å². The Bertz CT molecular complexity index is 723. The van der Waals surface area contributed by atoms with Crippen molar-refractivity contribution in [1.82, 2.24) is 4.98 Å². The number of carbonyl (C=O) groups is 2. The number of rotatable bonds is 5. The highest BCUT2D eigenvalue weighted by atomic mass is 35.5. The Hall–Kier alpha value is -1.38. The topological polar surface area (TPSA) is 102 Å². The van der Waals surface area contributed by atoms with E-state index < -0.39 is 28.3 Å². The summed E-state index contributed by atoms with van der Waals surface area (Å²) in [5.74, 6) is -1.28. The number of ether oxygens (including phenoxy) is 1. The first-order valence-electron chi connectivity index (χ1n) is 6.72. The molecule has 0 radical (unpaired) electrons. The second kappa shape index (κ2) is 7.46. The highest BCUT2D eigenvalue weighted by molar-refractivity contribution is 7.91. The number of amides is 1. The van der Waals surface area contributed by atoms with Crippen molar-refractivity contribution in [2.45, 2.75) is 12.8 Å². The standard InChI is InChI=1S/C13H14Cl2N2O5S/c14-9-4-10(15)13(16-5-9)17-11(18)6-22-12(19)3-8-1-2-23(20,21)7-8/h4-5,8H,1-3,6-7H2,(H,16,17,18)/t8-/m0/s1. The summed E-state index contributed by atoms with van der Waals surface area (Å²) < 4.78 is 27.4. The van der Waals surface area contributed by atoms with Crippen LogP contribution in [0.25, 0.3) is 0 Å². The Morgan fingerprint density at radius 3 is 2.74 bits per heavy atom. The molecule has 0 unspecified atom stereocenters. The van der Waals surface area contributed by atoms with Crippen LogP contribution in [0.5, 0.6) is 0 Å². The fourth-order valence-electron chi connectivity index (χ4n) is 2.15. The molecule has 1 atom stereocenters. The molecule has 0 spiro atoms. The predicted molar refractivity (Wildman–Crippen MR) is 85.2 cm³/mol. The van der Waals surface area contributed by atoms with Crippen LogP contribution in [0.1, 0.15) is 12.8 Å². The van der Waals surface area contributed by atoms with Gasteiger partial charge in [-0.15, -0.1) is 0 Å². The molecule has 0 saturated carbocycles. The van der Waals surface area contributed by atoms with Gasteiger partial charge >= 0.3 is 5.97 Å². The van der Waals surface area contributed by atoms with E-state index in [0.29, 0.717) is 11.4 Å². The molecule has 10 heteroatoms. The number of anilines is 1. The molecular formula is C13H14Cl2N2O5S. The largest absolute Gasteiger partial charge is 0.456 e. The van der Waals surface area contributed by atoms with Crippen molar-refractivity contribution in [2.75, 3.05) is 23.4 Å². The Morgan fingerprint density at radius 1 is 1.39 bits per heavy atom. The average Bonchev–Trinajstić information content (AvgIpc) is 2.79. The van der Waals surface area contributed by atoms with Gasteiger partial charge in [-0.05, 0) is 18.4 Å². The van der Waals surface area contributed by atoms with Gasteiger partial charge in [0.15, 0.2) is 22.3 Å². The van der Waals surface area contributed by atoms with Gasteiger partial charge in [0.25, 0.3) is 5.91 Å². The summed E-state index contributed by atoms with van der Waals surface area (Å²) in [5.41, 5.74) is 0. The van der Waals surface area contributed by atoms with Crippen LogP contribution in [0.2, 0.25) is 10.0 Å². The van der Waals surface area contributed by atoms with Crippen LogP contribution >= 0.6 is 23.2 Å². The van der Waals surface area contributed by atoms with E-state index in [4.69, 9.17) is 27.9 Å². The van der Waals surface area contributed by atoms with E-state index in [9.17, 15) is 18.0 Å².